The Morgan fingerprint density at radius 3 is 2.45 bits per heavy atom. The van der Waals surface area contributed by atoms with Gasteiger partial charge in [0.2, 0.25) is 5.43 Å². The lowest BCUT2D eigenvalue weighted by Crippen LogP contribution is -2.48. The minimum absolute atomic E-state index is 0.154. The zero-order valence-electron chi connectivity index (χ0n) is 19.0. The molecule has 0 spiro atoms. The first kappa shape index (κ1) is 23.9. The van der Waals surface area contributed by atoms with Crippen molar-refractivity contribution in [2.75, 3.05) is 13.1 Å². The fraction of sp³-hybridized carbons (Fsp3) is 0.455. The molecule has 0 aliphatic carbocycles. The number of nitro benzene ring substituents is 1. The number of piperidine rings is 1. The first-order chi connectivity index (χ1) is 15.5. The van der Waals surface area contributed by atoms with Gasteiger partial charge in [0, 0.05) is 37.0 Å². The third-order valence-electron chi connectivity index (χ3n) is 5.12. The molecule has 1 aliphatic heterocycles. The van der Waals surface area contributed by atoms with Crippen molar-refractivity contribution in [2.24, 2.45) is 0 Å². The van der Waals surface area contributed by atoms with Crippen LogP contribution in [0.3, 0.4) is 0 Å². The number of nitrogens with zero attached hydrogens (tertiary/aromatic N) is 4. The number of nitro groups is 1. The minimum Gasteiger partial charge on any atom is -0.444 e. The van der Waals surface area contributed by atoms with Gasteiger partial charge in [0.1, 0.15) is 11.3 Å². The van der Waals surface area contributed by atoms with E-state index in [-0.39, 0.29) is 23.1 Å². The molecule has 2 amide bonds. The fourth-order valence-electron chi connectivity index (χ4n) is 3.59. The van der Waals surface area contributed by atoms with E-state index in [0.717, 1.165) is 0 Å². The summed E-state index contributed by atoms with van der Waals surface area (Å²) in [6.07, 6.45) is 0.476. The van der Waals surface area contributed by atoms with Crippen molar-refractivity contribution in [1.29, 1.82) is 0 Å². The number of aromatic nitrogens is 2. The Morgan fingerprint density at radius 1 is 1.21 bits per heavy atom. The summed E-state index contributed by atoms with van der Waals surface area (Å²) in [7, 11) is 0. The Bertz CT molecular complexity index is 1130. The predicted octanol–water partition coefficient (Wildman–Crippen LogP) is 2.58. The molecule has 2 aromatic rings. The van der Waals surface area contributed by atoms with Gasteiger partial charge in [-0.05, 0) is 46.6 Å². The predicted molar refractivity (Wildman–Crippen MR) is 120 cm³/mol. The lowest BCUT2D eigenvalue weighted by Gasteiger charge is -2.32. The Morgan fingerprint density at radius 2 is 1.85 bits per heavy atom. The van der Waals surface area contributed by atoms with Crippen LogP contribution in [0.1, 0.15) is 49.8 Å². The van der Waals surface area contributed by atoms with Gasteiger partial charge in [-0.25, -0.2) is 9.48 Å². The van der Waals surface area contributed by atoms with Gasteiger partial charge < -0.3 is 15.0 Å². The molecule has 0 unspecified atom stereocenters. The van der Waals surface area contributed by atoms with Crippen molar-refractivity contribution in [2.45, 2.75) is 52.2 Å². The van der Waals surface area contributed by atoms with E-state index in [1.165, 1.54) is 33.8 Å². The largest absolute Gasteiger partial charge is 0.444 e. The number of ether oxygens (including phenoxy) is 1. The van der Waals surface area contributed by atoms with Crippen LogP contribution in [0, 0.1) is 17.0 Å². The number of benzene rings is 1. The second-order valence-electron chi connectivity index (χ2n) is 8.87. The van der Waals surface area contributed by atoms with E-state index in [2.05, 4.69) is 10.4 Å². The molecule has 1 fully saturated rings. The van der Waals surface area contributed by atoms with Gasteiger partial charge in [-0.2, -0.15) is 5.10 Å². The van der Waals surface area contributed by atoms with E-state index in [4.69, 9.17) is 4.74 Å². The highest BCUT2D eigenvalue weighted by Gasteiger charge is 2.29. The van der Waals surface area contributed by atoms with Gasteiger partial charge in [0.25, 0.3) is 11.6 Å². The number of nitrogens with one attached hydrogen (secondary N) is 1. The fourth-order valence-corrected chi connectivity index (χ4v) is 3.59. The van der Waals surface area contributed by atoms with Crippen molar-refractivity contribution in [3.63, 3.8) is 0 Å². The number of rotatable bonds is 4. The molecule has 11 heteroatoms. The van der Waals surface area contributed by atoms with E-state index in [1.807, 2.05) is 0 Å². The number of amides is 2. The molecular weight excluding hydrogens is 430 g/mol. The molecule has 0 bridgehead atoms. The highest BCUT2D eigenvalue weighted by molar-refractivity contribution is 5.92. The average molecular weight is 457 g/mol. The number of para-hydroxylation sites is 2. The molecule has 1 aromatic carbocycles. The summed E-state index contributed by atoms with van der Waals surface area (Å²) in [5.74, 6) is -0.553. The normalized spacial score (nSPS) is 14.6. The maximum atomic E-state index is 13.1. The highest BCUT2D eigenvalue weighted by Crippen LogP contribution is 2.22. The molecule has 0 saturated carbocycles. The van der Waals surface area contributed by atoms with Crippen molar-refractivity contribution in [1.82, 2.24) is 20.0 Å². The lowest BCUT2D eigenvalue weighted by atomic mass is 10.0. The molecule has 3 rings (SSSR count). The number of carbonyl (C=O) groups is 2. The summed E-state index contributed by atoms with van der Waals surface area (Å²) in [5.41, 5.74) is -1.13. The monoisotopic (exact) mass is 457 g/mol. The zero-order valence-corrected chi connectivity index (χ0v) is 19.0. The molecule has 0 radical (unpaired) electrons. The molecule has 2 heterocycles. The standard InChI is InChI=1S/C22H27N5O6/c1-14-13-18(28)19(24-26(14)16-7-5-6-8-17(16)27(31)32)20(29)25-11-9-15(10-12-25)23-21(30)33-22(2,3)4/h5-8,13,15H,9-12H2,1-4H3,(H,23,30). The number of carbonyl (C=O) groups excluding carboxylic acids is 2. The summed E-state index contributed by atoms with van der Waals surface area (Å²) < 4.78 is 6.50. The maximum Gasteiger partial charge on any atom is 0.407 e. The highest BCUT2D eigenvalue weighted by atomic mass is 16.6. The van der Waals surface area contributed by atoms with E-state index in [1.54, 1.807) is 33.8 Å². The molecule has 1 aromatic heterocycles. The number of likely N-dealkylation sites (tertiary alicyclic amines) is 1. The van der Waals surface area contributed by atoms with Gasteiger partial charge in [-0.15, -0.1) is 0 Å². The number of hydrogen-bond donors (Lipinski definition) is 1. The maximum absolute atomic E-state index is 13.1. The van der Waals surface area contributed by atoms with E-state index >= 15 is 0 Å². The van der Waals surface area contributed by atoms with Crippen LogP contribution in [0.25, 0.3) is 5.69 Å². The number of hydrogen-bond acceptors (Lipinski definition) is 7. The van der Waals surface area contributed by atoms with Gasteiger partial charge in [-0.3, -0.25) is 19.7 Å². The summed E-state index contributed by atoms with van der Waals surface area (Å²) in [4.78, 5) is 49.9. The molecule has 1 N–H and O–H groups in total. The smallest absolute Gasteiger partial charge is 0.407 e. The molecular formula is C22H27N5O6. The van der Waals surface area contributed by atoms with Crippen LogP contribution in [-0.2, 0) is 4.74 Å². The Kier molecular flexibility index (Phi) is 6.80. The average Bonchev–Trinajstić information content (AvgIpc) is 2.72. The van der Waals surface area contributed by atoms with Crippen LogP contribution in [0.2, 0.25) is 0 Å². The van der Waals surface area contributed by atoms with Crippen LogP contribution in [-0.4, -0.2) is 56.3 Å². The Labute approximate surface area is 190 Å². The zero-order chi connectivity index (χ0) is 24.3. The lowest BCUT2D eigenvalue weighted by molar-refractivity contribution is -0.384. The first-order valence-corrected chi connectivity index (χ1v) is 10.6. The molecule has 1 aliphatic rings. The second kappa shape index (κ2) is 9.39. The van der Waals surface area contributed by atoms with Crippen LogP contribution in [0.4, 0.5) is 10.5 Å². The van der Waals surface area contributed by atoms with Gasteiger partial charge in [0.15, 0.2) is 5.69 Å². The van der Waals surface area contributed by atoms with Crippen molar-refractivity contribution in [3.05, 3.63) is 62.1 Å². The van der Waals surface area contributed by atoms with Crippen LogP contribution >= 0.6 is 0 Å². The van der Waals surface area contributed by atoms with Crippen molar-refractivity contribution >= 4 is 17.7 Å². The van der Waals surface area contributed by atoms with Gasteiger partial charge in [0.05, 0.1) is 4.92 Å². The van der Waals surface area contributed by atoms with Crippen LogP contribution < -0.4 is 10.7 Å². The van der Waals surface area contributed by atoms with E-state index in [0.29, 0.717) is 31.6 Å². The third-order valence-corrected chi connectivity index (χ3v) is 5.12. The Hall–Kier alpha value is -3.76. The quantitative estimate of drug-likeness (QED) is 0.550. The van der Waals surface area contributed by atoms with Crippen molar-refractivity contribution in [3.8, 4) is 5.69 Å². The van der Waals surface area contributed by atoms with E-state index < -0.39 is 28.0 Å². The number of alkyl carbamates (subject to hydrolysis) is 1. The molecule has 33 heavy (non-hydrogen) atoms. The molecule has 1 saturated heterocycles. The summed E-state index contributed by atoms with van der Waals surface area (Å²) >= 11 is 0. The molecule has 11 nitrogen and oxygen atoms in total. The molecule has 0 atom stereocenters. The van der Waals surface area contributed by atoms with E-state index in [9.17, 15) is 24.5 Å². The number of aryl methyl sites for hydroxylation is 1. The van der Waals surface area contributed by atoms with Crippen LogP contribution in [0.5, 0.6) is 0 Å². The van der Waals surface area contributed by atoms with Gasteiger partial charge in [-0.1, -0.05) is 12.1 Å². The third kappa shape index (κ3) is 5.73. The van der Waals surface area contributed by atoms with Crippen LogP contribution in [0.15, 0.2) is 35.1 Å². The second-order valence-corrected chi connectivity index (χ2v) is 8.87. The SMILES string of the molecule is Cc1cc(=O)c(C(=O)N2CCC(NC(=O)OC(C)(C)C)CC2)nn1-c1ccccc1[N+](=O)[O-]. The first-order valence-electron chi connectivity index (χ1n) is 10.6. The minimum atomic E-state index is -0.606. The Balaban J connectivity index is 1.77. The van der Waals surface area contributed by atoms with Crippen molar-refractivity contribution < 1.29 is 19.2 Å². The summed E-state index contributed by atoms with van der Waals surface area (Å²) in [5, 5.41) is 18.4. The summed E-state index contributed by atoms with van der Waals surface area (Å²) in [6.45, 7) is 7.56. The molecule has 176 valence electrons. The van der Waals surface area contributed by atoms with Gasteiger partial charge >= 0.3 is 6.09 Å². The topological polar surface area (TPSA) is 137 Å². The summed E-state index contributed by atoms with van der Waals surface area (Å²) in [6, 6.07) is 7.07.